The third kappa shape index (κ3) is 6.29. The Balaban J connectivity index is 2.32. The maximum Gasteiger partial charge on any atom is 0.416 e. The number of carbonyl (C=O) groups excluding carboxylic acids is 2. The summed E-state index contributed by atoms with van der Waals surface area (Å²) in [4.78, 5) is 32.7. The molecule has 1 aromatic heterocycles. The number of alkyl halides is 3. The van der Waals surface area contributed by atoms with Gasteiger partial charge in [0.2, 0.25) is 0 Å². The molecule has 0 spiro atoms. The number of pyridine rings is 1. The van der Waals surface area contributed by atoms with Crippen LogP contribution in [-0.2, 0) is 10.9 Å². The molecule has 0 aliphatic rings. The first-order valence-electron chi connectivity index (χ1n) is 10.1. The van der Waals surface area contributed by atoms with Gasteiger partial charge in [0.25, 0.3) is 11.8 Å². The molecule has 6 nitrogen and oxygen atoms in total. The van der Waals surface area contributed by atoms with Crippen LogP contribution < -0.4 is 0 Å². The summed E-state index contributed by atoms with van der Waals surface area (Å²) in [6, 6.07) is 8.54. The summed E-state index contributed by atoms with van der Waals surface area (Å²) >= 11 is 0. The van der Waals surface area contributed by atoms with Gasteiger partial charge >= 0.3 is 6.18 Å². The minimum absolute atomic E-state index is 0.0146. The van der Waals surface area contributed by atoms with Gasteiger partial charge in [-0.3, -0.25) is 9.59 Å². The first-order valence-corrected chi connectivity index (χ1v) is 10.1. The minimum atomic E-state index is -4.51. The number of hydrogen-bond acceptors (Lipinski definition) is 4. The number of likely N-dealkylation sites (N-methyl/N-ethyl adjacent to an activating group) is 1. The van der Waals surface area contributed by atoms with Crippen LogP contribution in [0.1, 0.15) is 52.0 Å². The van der Waals surface area contributed by atoms with Crippen LogP contribution in [0.3, 0.4) is 0 Å². The molecule has 0 saturated heterocycles. The van der Waals surface area contributed by atoms with E-state index in [2.05, 4.69) is 4.98 Å². The fourth-order valence-electron chi connectivity index (χ4n) is 3.33. The topological polar surface area (TPSA) is 62.7 Å². The number of hydrogen-bond donors (Lipinski definition) is 0. The second-order valence-electron chi connectivity index (χ2n) is 8.00. The van der Waals surface area contributed by atoms with Gasteiger partial charge in [-0.05, 0) is 35.7 Å². The van der Waals surface area contributed by atoms with Crippen LogP contribution in [0.5, 0.6) is 0 Å². The Morgan fingerprint density at radius 1 is 1.03 bits per heavy atom. The van der Waals surface area contributed by atoms with Crippen molar-refractivity contribution >= 4 is 11.8 Å². The zero-order valence-corrected chi connectivity index (χ0v) is 18.8. The Morgan fingerprint density at radius 2 is 1.62 bits per heavy atom. The number of benzene rings is 1. The fraction of sp³-hybridized carbons (Fsp3) is 0.435. The molecule has 0 aliphatic carbocycles. The van der Waals surface area contributed by atoms with Crippen molar-refractivity contribution in [3.63, 3.8) is 0 Å². The van der Waals surface area contributed by atoms with E-state index in [0.717, 1.165) is 12.1 Å². The van der Waals surface area contributed by atoms with Gasteiger partial charge in [-0.25, -0.2) is 4.98 Å². The van der Waals surface area contributed by atoms with Crippen molar-refractivity contribution < 1.29 is 27.5 Å². The number of methoxy groups -OCH3 is 1. The summed E-state index contributed by atoms with van der Waals surface area (Å²) in [6.45, 7) is 4.48. The fourth-order valence-corrected chi connectivity index (χ4v) is 3.33. The SMILES string of the molecule is COCC(c1cccc(C(F)(F)F)c1)N(C)C(=O)c1cccc(C(=O)N(C)CC(C)C)n1. The van der Waals surface area contributed by atoms with Gasteiger partial charge in [-0.2, -0.15) is 13.2 Å². The third-order valence-corrected chi connectivity index (χ3v) is 4.88. The van der Waals surface area contributed by atoms with E-state index in [0.29, 0.717) is 6.54 Å². The predicted molar refractivity (Wildman–Crippen MR) is 114 cm³/mol. The van der Waals surface area contributed by atoms with Crippen molar-refractivity contribution in [3.8, 4) is 0 Å². The number of halogens is 3. The lowest BCUT2D eigenvalue weighted by atomic mass is 10.0. The molecule has 1 unspecified atom stereocenters. The first kappa shape index (κ1) is 25.3. The van der Waals surface area contributed by atoms with E-state index in [1.54, 1.807) is 13.1 Å². The van der Waals surface area contributed by atoms with E-state index in [9.17, 15) is 22.8 Å². The lowest BCUT2D eigenvalue weighted by Crippen LogP contribution is -2.35. The van der Waals surface area contributed by atoms with Gasteiger partial charge in [-0.15, -0.1) is 0 Å². The highest BCUT2D eigenvalue weighted by atomic mass is 19.4. The predicted octanol–water partition coefficient (Wildman–Crippen LogP) is 4.29. The Labute approximate surface area is 186 Å². The molecule has 2 aromatic rings. The summed E-state index contributed by atoms with van der Waals surface area (Å²) in [5.41, 5.74) is -0.392. The second kappa shape index (κ2) is 10.6. The largest absolute Gasteiger partial charge is 0.416 e. The molecule has 32 heavy (non-hydrogen) atoms. The van der Waals surface area contributed by atoms with E-state index < -0.39 is 23.7 Å². The Bertz CT molecular complexity index is 947. The first-order chi connectivity index (χ1) is 15.0. The zero-order valence-electron chi connectivity index (χ0n) is 18.8. The lowest BCUT2D eigenvalue weighted by Gasteiger charge is -2.28. The van der Waals surface area contributed by atoms with Crippen LogP contribution in [0, 0.1) is 5.92 Å². The molecule has 0 aliphatic heterocycles. The Hall–Kier alpha value is -2.94. The van der Waals surface area contributed by atoms with Crippen molar-refractivity contribution in [2.75, 3.05) is 34.4 Å². The third-order valence-electron chi connectivity index (χ3n) is 4.88. The molecule has 174 valence electrons. The van der Waals surface area contributed by atoms with Crippen molar-refractivity contribution in [3.05, 3.63) is 65.0 Å². The number of nitrogens with zero attached hydrogens (tertiary/aromatic N) is 3. The van der Waals surface area contributed by atoms with Gasteiger partial charge < -0.3 is 14.5 Å². The summed E-state index contributed by atoms with van der Waals surface area (Å²) < 4.78 is 44.6. The Morgan fingerprint density at radius 3 is 2.19 bits per heavy atom. The Kier molecular flexibility index (Phi) is 8.38. The van der Waals surface area contributed by atoms with Crippen LogP contribution in [0.25, 0.3) is 0 Å². The quantitative estimate of drug-likeness (QED) is 0.601. The van der Waals surface area contributed by atoms with Gasteiger partial charge in [0.1, 0.15) is 11.4 Å². The summed E-state index contributed by atoms with van der Waals surface area (Å²) in [5.74, 6) is -0.588. The molecule has 1 aromatic carbocycles. The van der Waals surface area contributed by atoms with E-state index in [1.807, 2.05) is 13.8 Å². The van der Waals surface area contributed by atoms with Crippen molar-refractivity contribution in [2.24, 2.45) is 5.92 Å². The lowest BCUT2D eigenvalue weighted by molar-refractivity contribution is -0.137. The molecule has 2 rings (SSSR count). The molecule has 0 saturated carbocycles. The average molecular weight is 451 g/mol. The molecule has 1 heterocycles. The highest BCUT2D eigenvalue weighted by Crippen LogP contribution is 2.32. The van der Waals surface area contributed by atoms with Crippen LogP contribution in [-0.4, -0.2) is 61.0 Å². The molecule has 1 atom stereocenters. The van der Waals surface area contributed by atoms with Gasteiger partial charge in [0.15, 0.2) is 0 Å². The van der Waals surface area contributed by atoms with Crippen LogP contribution in [0.2, 0.25) is 0 Å². The number of aromatic nitrogens is 1. The normalized spacial score (nSPS) is 12.5. The van der Waals surface area contributed by atoms with Gasteiger partial charge in [-0.1, -0.05) is 32.0 Å². The smallest absolute Gasteiger partial charge is 0.382 e. The molecular formula is C23H28F3N3O3. The van der Waals surface area contributed by atoms with Crippen molar-refractivity contribution in [1.82, 2.24) is 14.8 Å². The number of rotatable bonds is 8. The summed E-state index contributed by atoms with van der Waals surface area (Å²) in [6.07, 6.45) is -4.51. The minimum Gasteiger partial charge on any atom is -0.382 e. The molecule has 0 bridgehead atoms. The van der Waals surface area contributed by atoms with Crippen LogP contribution in [0.15, 0.2) is 42.5 Å². The molecule has 0 radical (unpaired) electrons. The van der Waals surface area contributed by atoms with E-state index in [-0.39, 0.29) is 35.4 Å². The van der Waals surface area contributed by atoms with Gasteiger partial charge in [0, 0.05) is 27.7 Å². The molecule has 9 heteroatoms. The average Bonchev–Trinajstić information content (AvgIpc) is 2.75. The number of ether oxygens (including phenoxy) is 1. The maximum absolute atomic E-state index is 13.1. The standard InChI is InChI=1S/C23H28F3N3O3/c1-15(2)13-28(3)21(30)18-10-7-11-19(27-18)22(31)29(4)20(14-32-5)16-8-6-9-17(12-16)23(24,25)26/h6-12,15,20H,13-14H2,1-5H3. The molecule has 0 fully saturated rings. The summed E-state index contributed by atoms with van der Waals surface area (Å²) in [7, 11) is 4.53. The number of carbonyl (C=O) groups is 2. The molecular weight excluding hydrogens is 423 g/mol. The van der Waals surface area contributed by atoms with Crippen molar-refractivity contribution in [2.45, 2.75) is 26.1 Å². The van der Waals surface area contributed by atoms with Crippen LogP contribution >= 0.6 is 0 Å². The highest BCUT2D eigenvalue weighted by molar-refractivity contribution is 5.96. The monoisotopic (exact) mass is 451 g/mol. The molecule has 0 N–H and O–H groups in total. The highest BCUT2D eigenvalue weighted by Gasteiger charge is 2.32. The second-order valence-corrected chi connectivity index (χ2v) is 8.00. The van der Waals surface area contributed by atoms with Crippen molar-refractivity contribution in [1.29, 1.82) is 0 Å². The number of amides is 2. The zero-order chi connectivity index (χ0) is 24.1. The molecule has 2 amide bonds. The van der Waals surface area contributed by atoms with E-state index in [4.69, 9.17) is 4.74 Å². The van der Waals surface area contributed by atoms with E-state index in [1.165, 1.54) is 48.2 Å². The van der Waals surface area contributed by atoms with Gasteiger partial charge in [0.05, 0.1) is 18.2 Å². The maximum atomic E-state index is 13.1. The van der Waals surface area contributed by atoms with E-state index >= 15 is 0 Å². The summed E-state index contributed by atoms with van der Waals surface area (Å²) in [5, 5.41) is 0. The van der Waals surface area contributed by atoms with Crippen LogP contribution in [0.4, 0.5) is 13.2 Å².